The molecule has 3 rings (SSSR count). The maximum Gasteiger partial charge on any atom is 0.123 e. The van der Waals surface area contributed by atoms with E-state index in [1.54, 1.807) is 0 Å². The summed E-state index contributed by atoms with van der Waals surface area (Å²) < 4.78 is 0. The lowest BCUT2D eigenvalue weighted by atomic mass is 9.98. The lowest BCUT2D eigenvalue weighted by Gasteiger charge is -2.29. The van der Waals surface area contributed by atoms with E-state index in [-0.39, 0.29) is 5.92 Å². The van der Waals surface area contributed by atoms with Gasteiger partial charge in [0.15, 0.2) is 0 Å². The van der Waals surface area contributed by atoms with Crippen LogP contribution in [0.1, 0.15) is 18.4 Å². The first kappa shape index (κ1) is 12.3. The van der Waals surface area contributed by atoms with Crippen LogP contribution in [0.5, 0.6) is 0 Å². The van der Waals surface area contributed by atoms with Gasteiger partial charge in [-0.3, -0.25) is 9.88 Å². The second kappa shape index (κ2) is 5.49. The lowest BCUT2D eigenvalue weighted by Crippen LogP contribution is -2.33. The molecule has 1 aliphatic rings. The summed E-state index contributed by atoms with van der Waals surface area (Å²) in [6.45, 7) is 2.98. The number of nitrogens with zero attached hydrogens (tertiary/aromatic N) is 2. The van der Waals surface area contributed by atoms with Crippen molar-refractivity contribution in [1.29, 1.82) is 0 Å². The predicted octanol–water partition coefficient (Wildman–Crippen LogP) is 2.65. The van der Waals surface area contributed by atoms with Crippen molar-refractivity contribution in [1.82, 2.24) is 9.88 Å². The number of aldehydes is 1. The van der Waals surface area contributed by atoms with Crippen molar-refractivity contribution >= 4 is 17.2 Å². The number of para-hydroxylation sites is 1. The standard InChI is InChI=1S/C16H18N2O/c19-12-13-6-9-18(10-7-13)11-14-5-8-17-16-4-2-1-3-15(14)16/h1-5,8,12-13H,6-7,9-11H2. The van der Waals surface area contributed by atoms with Gasteiger partial charge in [0.1, 0.15) is 6.29 Å². The Balaban J connectivity index is 1.77. The molecule has 2 heterocycles. The summed E-state index contributed by atoms with van der Waals surface area (Å²) in [6.07, 6.45) is 4.98. The van der Waals surface area contributed by atoms with Gasteiger partial charge < -0.3 is 4.79 Å². The molecule has 98 valence electrons. The molecule has 1 aromatic carbocycles. The van der Waals surface area contributed by atoms with Crippen LogP contribution < -0.4 is 0 Å². The first-order chi connectivity index (χ1) is 9.36. The van der Waals surface area contributed by atoms with Gasteiger partial charge in [-0.1, -0.05) is 18.2 Å². The van der Waals surface area contributed by atoms with Gasteiger partial charge >= 0.3 is 0 Å². The van der Waals surface area contributed by atoms with Crippen LogP contribution in [0.25, 0.3) is 10.9 Å². The van der Waals surface area contributed by atoms with Crippen molar-refractivity contribution in [3.05, 3.63) is 42.1 Å². The minimum atomic E-state index is 0.269. The molecule has 1 fully saturated rings. The van der Waals surface area contributed by atoms with Crippen molar-refractivity contribution < 1.29 is 4.79 Å². The maximum absolute atomic E-state index is 10.8. The van der Waals surface area contributed by atoms with E-state index in [9.17, 15) is 4.79 Å². The maximum atomic E-state index is 10.8. The molecular formula is C16H18N2O. The number of piperidine rings is 1. The third-order valence-corrected chi connectivity index (χ3v) is 3.96. The van der Waals surface area contributed by atoms with E-state index in [2.05, 4.69) is 34.1 Å². The van der Waals surface area contributed by atoms with Gasteiger partial charge in [-0.15, -0.1) is 0 Å². The molecule has 0 atom stereocenters. The van der Waals surface area contributed by atoms with E-state index >= 15 is 0 Å². The number of likely N-dealkylation sites (tertiary alicyclic amines) is 1. The highest BCUT2D eigenvalue weighted by atomic mass is 16.1. The number of carbonyl (C=O) groups excluding carboxylic acids is 1. The van der Waals surface area contributed by atoms with Gasteiger partial charge in [-0.2, -0.15) is 0 Å². The summed E-state index contributed by atoms with van der Waals surface area (Å²) in [5.41, 5.74) is 2.39. The van der Waals surface area contributed by atoms with Crippen LogP contribution in [0.4, 0.5) is 0 Å². The number of hydrogen-bond donors (Lipinski definition) is 0. The lowest BCUT2D eigenvalue weighted by molar-refractivity contribution is -0.112. The molecule has 0 radical (unpaired) electrons. The van der Waals surface area contributed by atoms with Crippen LogP contribution in [-0.4, -0.2) is 29.3 Å². The van der Waals surface area contributed by atoms with Gasteiger partial charge in [0.05, 0.1) is 5.52 Å². The van der Waals surface area contributed by atoms with Crippen molar-refractivity contribution in [2.75, 3.05) is 13.1 Å². The van der Waals surface area contributed by atoms with Crippen molar-refractivity contribution in [3.63, 3.8) is 0 Å². The molecule has 0 bridgehead atoms. The molecule has 1 aliphatic heterocycles. The highest BCUT2D eigenvalue weighted by Gasteiger charge is 2.18. The Hall–Kier alpha value is -1.74. The third-order valence-electron chi connectivity index (χ3n) is 3.96. The summed E-state index contributed by atoms with van der Waals surface area (Å²) in [5.74, 6) is 0.269. The van der Waals surface area contributed by atoms with Crippen LogP contribution in [-0.2, 0) is 11.3 Å². The number of carbonyl (C=O) groups is 1. The first-order valence-corrected chi connectivity index (χ1v) is 6.87. The van der Waals surface area contributed by atoms with Crippen LogP contribution in [0.3, 0.4) is 0 Å². The number of benzene rings is 1. The Morgan fingerprint density at radius 3 is 2.79 bits per heavy atom. The minimum Gasteiger partial charge on any atom is -0.303 e. The quantitative estimate of drug-likeness (QED) is 0.789. The van der Waals surface area contributed by atoms with Crippen LogP contribution in [0, 0.1) is 5.92 Å². The fourth-order valence-electron chi connectivity index (χ4n) is 2.78. The second-order valence-electron chi connectivity index (χ2n) is 5.24. The monoisotopic (exact) mass is 254 g/mol. The normalized spacial score (nSPS) is 17.7. The average molecular weight is 254 g/mol. The number of rotatable bonds is 3. The Morgan fingerprint density at radius 2 is 2.00 bits per heavy atom. The zero-order valence-electron chi connectivity index (χ0n) is 11.0. The number of fused-ring (bicyclic) bond motifs is 1. The molecule has 0 aliphatic carbocycles. The molecule has 1 aromatic heterocycles. The summed E-state index contributed by atoms with van der Waals surface area (Å²) in [5, 5.41) is 1.24. The highest BCUT2D eigenvalue weighted by Crippen LogP contribution is 2.21. The Bertz CT molecular complexity index is 568. The molecule has 3 nitrogen and oxygen atoms in total. The van der Waals surface area contributed by atoms with Gasteiger partial charge in [0.25, 0.3) is 0 Å². The average Bonchev–Trinajstić information content (AvgIpc) is 2.48. The summed E-state index contributed by atoms with van der Waals surface area (Å²) in [6, 6.07) is 10.4. The predicted molar refractivity (Wildman–Crippen MR) is 75.8 cm³/mol. The van der Waals surface area contributed by atoms with Gasteiger partial charge in [0, 0.05) is 24.0 Å². The van der Waals surface area contributed by atoms with Crippen LogP contribution >= 0.6 is 0 Å². The Labute approximate surface area is 113 Å². The molecule has 0 spiro atoms. The largest absolute Gasteiger partial charge is 0.303 e. The molecule has 1 saturated heterocycles. The fraction of sp³-hybridized carbons (Fsp3) is 0.375. The van der Waals surface area contributed by atoms with Crippen molar-refractivity contribution in [2.24, 2.45) is 5.92 Å². The van der Waals surface area contributed by atoms with Gasteiger partial charge in [-0.05, 0) is 43.6 Å². The summed E-state index contributed by atoms with van der Waals surface area (Å²) in [7, 11) is 0. The highest BCUT2D eigenvalue weighted by molar-refractivity contribution is 5.81. The SMILES string of the molecule is O=CC1CCN(Cc2ccnc3ccccc23)CC1. The van der Waals surface area contributed by atoms with Gasteiger partial charge in [-0.25, -0.2) is 0 Å². The number of hydrogen-bond acceptors (Lipinski definition) is 3. The van der Waals surface area contributed by atoms with Crippen molar-refractivity contribution in [3.8, 4) is 0 Å². The topological polar surface area (TPSA) is 33.2 Å². The molecule has 3 heteroatoms. The Morgan fingerprint density at radius 1 is 1.21 bits per heavy atom. The van der Waals surface area contributed by atoms with E-state index < -0.39 is 0 Å². The van der Waals surface area contributed by atoms with E-state index in [0.717, 1.165) is 44.3 Å². The minimum absolute atomic E-state index is 0.269. The van der Waals surface area contributed by atoms with E-state index in [4.69, 9.17) is 0 Å². The van der Waals surface area contributed by atoms with Crippen molar-refractivity contribution in [2.45, 2.75) is 19.4 Å². The fourth-order valence-corrected chi connectivity index (χ4v) is 2.78. The first-order valence-electron chi connectivity index (χ1n) is 6.87. The van der Waals surface area contributed by atoms with Gasteiger partial charge in [0.2, 0.25) is 0 Å². The van der Waals surface area contributed by atoms with Crippen LogP contribution in [0.15, 0.2) is 36.5 Å². The molecule has 0 saturated carbocycles. The molecular weight excluding hydrogens is 236 g/mol. The Kier molecular flexibility index (Phi) is 3.56. The summed E-state index contributed by atoms with van der Waals surface area (Å²) in [4.78, 5) is 17.6. The molecule has 19 heavy (non-hydrogen) atoms. The summed E-state index contributed by atoms with van der Waals surface area (Å²) >= 11 is 0. The van der Waals surface area contributed by atoms with Crippen LogP contribution in [0.2, 0.25) is 0 Å². The number of aromatic nitrogens is 1. The zero-order chi connectivity index (χ0) is 13.1. The zero-order valence-corrected chi connectivity index (χ0v) is 11.0. The van der Waals surface area contributed by atoms with E-state index in [1.165, 1.54) is 10.9 Å². The molecule has 2 aromatic rings. The smallest absolute Gasteiger partial charge is 0.123 e. The van der Waals surface area contributed by atoms with E-state index in [1.807, 2.05) is 12.3 Å². The molecule has 0 N–H and O–H groups in total. The van der Waals surface area contributed by atoms with E-state index in [0.29, 0.717) is 0 Å². The third kappa shape index (κ3) is 2.66. The molecule has 0 amide bonds. The molecule has 0 unspecified atom stereocenters. The number of pyridine rings is 1. The second-order valence-corrected chi connectivity index (χ2v) is 5.24.